The van der Waals surface area contributed by atoms with Gasteiger partial charge in [0, 0.05) is 10.7 Å². The smallest absolute Gasteiger partial charge is 0.0374 e. The lowest BCUT2D eigenvalue weighted by Gasteiger charge is -2.27. The molecule has 1 nitrogen and oxygen atoms in total. The highest BCUT2D eigenvalue weighted by Crippen LogP contribution is 2.27. The number of benzene rings is 1. The third-order valence-electron chi connectivity index (χ3n) is 3.40. The third kappa shape index (κ3) is 2.88. The summed E-state index contributed by atoms with van der Waals surface area (Å²) in [7, 11) is 0. The molecule has 92 valence electrons. The summed E-state index contributed by atoms with van der Waals surface area (Å²) < 4.78 is 1.42. The summed E-state index contributed by atoms with van der Waals surface area (Å²) in [6, 6.07) is 9.01. The Morgan fingerprint density at radius 3 is 2.71 bits per heavy atom. The Morgan fingerprint density at radius 1 is 1.24 bits per heavy atom. The van der Waals surface area contributed by atoms with Gasteiger partial charge in [-0.2, -0.15) is 0 Å². The lowest BCUT2D eigenvalue weighted by molar-refractivity contribution is 0.306. The summed E-state index contributed by atoms with van der Waals surface area (Å²) in [5.74, 6) is 0. The SMILES string of the molecule is CC(C)(C)C(N)CCc1cccc2ccsc12. The summed E-state index contributed by atoms with van der Waals surface area (Å²) in [5, 5.41) is 3.52. The zero-order valence-corrected chi connectivity index (χ0v) is 11.7. The minimum Gasteiger partial charge on any atom is -0.327 e. The highest BCUT2D eigenvalue weighted by atomic mass is 32.1. The van der Waals surface area contributed by atoms with Crippen LogP contribution in [-0.2, 0) is 6.42 Å². The summed E-state index contributed by atoms with van der Waals surface area (Å²) in [4.78, 5) is 0. The molecule has 0 aliphatic heterocycles. The summed E-state index contributed by atoms with van der Waals surface area (Å²) >= 11 is 1.83. The fraction of sp³-hybridized carbons (Fsp3) is 0.467. The van der Waals surface area contributed by atoms with Crippen molar-refractivity contribution in [3.05, 3.63) is 35.2 Å². The van der Waals surface area contributed by atoms with Gasteiger partial charge in [0.05, 0.1) is 0 Å². The van der Waals surface area contributed by atoms with Gasteiger partial charge < -0.3 is 5.73 Å². The van der Waals surface area contributed by atoms with Crippen LogP contribution in [0, 0.1) is 5.41 Å². The zero-order chi connectivity index (χ0) is 12.5. The molecule has 2 heteroatoms. The molecule has 2 N–H and O–H groups in total. The molecule has 0 amide bonds. The molecule has 0 bridgehead atoms. The standard InChI is InChI=1S/C15H21NS/c1-15(2,3)13(16)8-7-11-5-4-6-12-9-10-17-14(11)12/h4-6,9-10,13H,7-8,16H2,1-3H3. The molecule has 1 aromatic heterocycles. The van der Waals surface area contributed by atoms with Gasteiger partial charge in [-0.15, -0.1) is 11.3 Å². The van der Waals surface area contributed by atoms with Gasteiger partial charge in [-0.05, 0) is 40.7 Å². The molecule has 1 aromatic carbocycles. The first kappa shape index (κ1) is 12.6. The number of aryl methyl sites for hydroxylation is 1. The minimum atomic E-state index is 0.198. The van der Waals surface area contributed by atoms with Crippen molar-refractivity contribution in [2.45, 2.75) is 39.7 Å². The molecular formula is C15H21NS. The van der Waals surface area contributed by atoms with Crippen LogP contribution in [0.25, 0.3) is 10.1 Å². The molecule has 0 aliphatic rings. The van der Waals surface area contributed by atoms with E-state index < -0.39 is 0 Å². The van der Waals surface area contributed by atoms with E-state index in [0.717, 1.165) is 12.8 Å². The maximum atomic E-state index is 6.22. The van der Waals surface area contributed by atoms with E-state index in [4.69, 9.17) is 5.73 Å². The molecule has 0 spiro atoms. The van der Waals surface area contributed by atoms with Gasteiger partial charge in [0.25, 0.3) is 0 Å². The second kappa shape index (κ2) is 4.79. The van der Waals surface area contributed by atoms with Crippen molar-refractivity contribution < 1.29 is 0 Å². The largest absolute Gasteiger partial charge is 0.327 e. The molecule has 1 unspecified atom stereocenters. The summed E-state index contributed by atoms with van der Waals surface area (Å²) in [6.45, 7) is 6.64. The lowest BCUT2D eigenvalue weighted by Crippen LogP contribution is -2.35. The number of nitrogens with two attached hydrogens (primary N) is 1. The van der Waals surface area contributed by atoms with Gasteiger partial charge in [0.15, 0.2) is 0 Å². The maximum absolute atomic E-state index is 6.22. The van der Waals surface area contributed by atoms with Crippen molar-refractivity contribution in [2.24, 2.45) is 11.1 Å². The van der Waals surface area contributed by atoms with Gasteiger partial charge in [0.1, 0.15) is 0 Å². The van der Waals surface area contributed by atoms with Gasteiger partial charge in [-0.25, -0.2) is 0 Å². The van der Waals surface area contributed by atoms with Gasteiger partial charge in [0.2, 0.25) is 0 Å². The van der Waals surface area contributed by atoms with Crippen LogP contribution in [0.3, 0.4) is 0 Å². The quantitative estimate of drug-likeness (QED) is 0.864. The van der Waals surface area contributed by atoms with Crippen LogP contribution in [0.4, 0.5) is 0 Å². The summed E-state index contributed by atoms with van der Waals surface area (Å²) in [5.41, 5.74) is 7.86. The van der Waals surface area contributed by atoms with Crippen LogP contribution in [0.5, 0.6) is 0 Å². The van der Waals surface area contributed by atoms with E-state index in [1.165, 1.54) is 15.6 Å². The van der Waals surface area contributed by atoms with Crippen LogP contribution in [0.2, 0.25) is 0 Å². The van der Waals surface area contributed by atoms with E-state index in [1.54, 1.807) is 0 Å². The topological polar surface area (TPSA) is 26.0 Å². The molecule has 1 heterocycles. The first-order valence-corrected chi connectivity index (χ1v) is 7.07. The molecule has 1 atom stereocenters. The molecular weight excluding hydrogens is 226 g/mol. The van der Waals surface area contributed by atoms with Crippen LogP contribution >= 0.6 is 11.3 Å². The van der Waals surface area contributed by atoms with Crippen LogP contribution < -0.4 is 5.73 Å². The van der Waals surface area contributed by atoms with E-state index in [2.05, 4.69) is 50.4 Å². The van der Waals surface area contributed by atoms with E-state index in [9.17, 15) is 0 Å². The maximum Gasteiger partial charge on any atom is 0.0374 e. The number of thiophene rings is 1. The fourth-order valence-electron chi connectivity index (χ4n) is 2.00. The Balaban J connectivity index is 2.12. The van der Waals surface area contributed by atoms with E-state index in [0.29, 0.717) is 0 Å². The predicted octanol–water partition coefficient (Wildman–Crippen LogP) is 4.21. The Hall–Kier alpha value is -0.860. The Labute approximate surface area is 108 Å². The van der Waals surface area contributed by atoms with E-state index >= 15 is 0 Å². The molecule has 17 heavy (non-hydrogen) atoms. The average molecular weight is 247 g/mol. The van der Waals surface area contributed by atoms with Crippen molar-refractivity contribution in [2.75, 3.05) is 0 Å². The second-order valence-corrected chi connectivity index (χ2v) is 6.68. The minimum absolute atomic E-state index is 0.198. The average Bonchev–Trinajstić information content (AvgIpc) is 2.72. The van der Waals surface area contributed by atoms with E-state index in [1.807, 2.05) is 11.3 Å². The van der Waals surface area contributed by atoms with Gasteiger partial charge in [-0.1, -0.05) is 39.0 Å². The Kier molecular flexibility index (Phi) is 3.55. The molecule has 2 aromatic rings. The van der Waals surface area contributed by atoms with Gasteiger partial charge >= 0.3 is 0 Å². The monoisotopic (exact) mass is 247 g/mol. The first-order chi connectivity index (χ1) is 7.98. The van der Waals surface area contributed by atoms with Crippen molar-refractivity contribution >= 4 is 21.4 Å². The van der Waals surface area contributed by atoms with Crippen molar-refractivity contribution in [3.63, 3.8) is 0 Å². The van der Waals surface area contributed by atoms with Crippen LogP contribution in [0.1, 0.15) is 32.8 Å². The van der Waals surface area contributed by atoms with Crippen molar-refractivity contribution in [3.8, 4) is 0 Å². The molecule has 0 aliphatic carbocycles. The molecule has 0 fully saturated rings. The highest BCUT2D eigenvalue weighted by molar-refractivity contribution is 7.17. The number of rotatable bonds is 3. The molecule has 0 saturated heterocycles. The normalized spacial score (nSPS) is 14.1. The zero-order valence-electron chi connectivity index (χ0n) is 10.9. The number of fused-ring (bicyclic) bond motifs is 1. The van der Waals surface area contributed by atoms with Gasteiger partial charge in [-0.3, -0.25) is 0 Å². The number of hydrogen-bond donors (Lipinski definition) is 1. The van der Waals surface area contributed by atoms with Crippen molar-refractivity contribution in [1.29, 1.82) is 0 Å². The Morgan fingerprint density at radius 2 is 2.00 bits per heavy atom. The fourth-order valence-corrected chi connectivity index (χ4v) is 2.94. The van der Waals surface area contributed by atoms with E-state index in [-0.39, 0.29) is 11.5 Å². The lowest BCUT2D eigenvalue weighted by atomic mass is 9.84. The molecule has 2 rings (SSSR count). The molecule has 0 saturated carbocycles. The van der Waals surface area contributed by atoms with Crippen LogP contribution in [-0.4, -0.2) is 6.04 Å². The predicted molar refractivity (Wildman–Crippen MR) is 77.6 cm³/mol. The van der Waals surface area contributed by atoms with Crippen molar-refractivity contribution in [1.82, 2.24) is 0 Å². The third-order valence-corrected chi connectivity index (χ3v) is 4.40. The first-order valence-electron chi connectivity index (χ1n) is 6.19. The highest BCUT2D eigenvalue weighted by Gasteiger charge is 2.20. The second-order valence-electron chi connectivity index (χ2n) is 5.77. The molecule has 0 radical (unpaired) electrons. The number of hydrogen-bond acceptors (Lipinski definition) is 2. The Bertz CT molecular complexity index is 493. The summed E-state index contributed by atoms with van der Waals surface area (Å²) in [6.07, 6.45) is 2.14. The van der Waals surface area contributed by atoms with Crippen LogP contribution in [0.15, 0.2) is 29.6 Å².